The van der Waals surface area contributed by atoms with Crippen LogP contribution >= 0.6 is 11.6 Å². The van der Waals surface area contributed by atoms with Crippen LogP contribution in [0.1, 0.15) is 16.8 Å². The Morgan fingerprint density at radius 3 is 2.76 bits per heavy atom. The van der Waals surface area contributed by atoms with E-state index in [-0.39, 0.29) is 0 Å². The standard InChI is InChI=1S/C13H14ClN3/c1-9-5-6-15-7-11(9)8-16-12-3-4-13(14)17-10(12)2/h3-7,16H,8H2,1-2H3. The summed E-state index contributed by atoms with van der Waals surface area (Å²) >= 11 is 5.81. The summed E-state index contributed by atoms with van der Waals surface area (Å²) in [5.41, 5.74) is 4.31. The Hall–Kier alpha value is -1.61. The summed E-state index contributed by atoms with van der Waals surface area (Å²) in [5.74, 6) is 0. The summed E-state index contributed by atoms with van der Waals surface area (Å²) in [6.45, 7) is 4.75. The average molecular weight is 248 g/mol. The second-order valence-electron chi connectivity index (χ2n) is 3.92. The van der Waals surface area contributed by atoms with Crippen molar-refractivity contribution >= 4 is 17.3 Å². The number of halogens is 1. The highest BCUT2D eigenvalue weighted by Gasteiger charge is 2.02. The fraction of sp³-hybridized carbons (Fsp3) is 0.231. The van der Waals surface area contributed by atoms with E-state index in [1.165, 1.54) is 11.1 Å². The second kappa shape index (κ2) is 5.15. The molecule has 2 aromatic heterocycles. The van der Waals surface area contributed by atoms with E-state index in [0.29, 0.717) is 5.15 Å². The minimum atomic E-state index is 0.519. The molecule has 0 saturated heterocycles. The number of pyridine rings is 2. The maximum atomic E-state index is 5.81. The lowest BCUT2D eigenvalue weighted by molar-refractivity contribution is 1.06. The third-order valence-electron chi connectivity index (χ3n) is 2.67. The minimum absolute atomic E-state index is 0.519. The summed E-state index contributed by atoms with van der Waals surface area (Å²) in [6, 6.07) is 5.73. The first-order valence-corrected chi connectivity index (χ1v) is 5.81. The molecule has 0 unspecified atom stereocenters. The van der Waals surface area contributed by atoms with Crippen molar-refractivity contribution in [2.45, 2.75) is 20.4 Å². The molecule has 0 radical (unpaired) electrons. The Labute approximate surface area is 106 Å². The number of nitrogens with zero attached hydrogens (tertiary/aromatic N) is 2. The fourth-order valence-electron chi connectivity index (χ4n) is 1.59. The Morgan fingerprint density at radius 1 is 1.24 bits per heavy atom. The first-order valence-electron chi connectivity index (χ1n) is 5.43. The summed E-state index contributed by atoms with van der Waals surface area (Å²) in [7, 11) is 0. The third kappa shape index (κ3) is 2.94. The molecule has 0 fully saturated rings. The lowest BCUT2D eigenvalue weighted by Gasteiger charge is -2.10. The van der Waals surface area contributed by atoms with Crippen LogP contribution in [0.4, 0.5) is 5.69 Å². The van der Waals surface area contributed by atoms with Crippen LogP contribution in [-0.2, 0) is 6.54 Å². The van der Waals surface area contributed by atoms with Crippen molar-refractivity contribution in [1.29, 1.82) is 0 Å². The van der Waals surface area contributed by atoms with Gasteiger partial charge < -0.3 is 5.32 Å². The van der Waals surface area contributed by atoms with E-state index in [2.05, 4.69) is 22.2 Å². The van der Waals surface area contributed by atoms with Gasteiger partial charge in [-0.25, -0.2) is 4.98 Å². The minimum Gasteiger partial charge on any atom is -0.379 e. The quantitative estimate of drug-likeness (QED) is 0.846. The highest BCUT2D eigenvalue weighted by molar-refractivity contribution is 6.29. The van der Waals surface area contributed by atoms with Crippen LogP contribution in [0.2, 0.25) is 5.15 Å². The molecule has 0 aliphatic carbocycles. The van der Waals surface area contributed by atoms with E-state index in [1.807, 2.05) is 25.3 Å². The molecule has 1 N–H and O–H groups in total. The van der Waals surface area contributed by atoms with E-state index < -0.39 is 0 Å². The van der Waals surface area contributed by atoms with Crippen LogP contribution in [0.5, 0.6) is 0 Å². The van der Waals surface area contributed by atoms with Crippen LogP contribution in [-0.4, -0.2) is 9.97 Å². The van der Waals surface area contributed by atoms with Crippen molar-refractivity contribution in [3.63, 3.8) is 0 Å². The molecule has 2 heterocycles. The highest BCUT2D eigenvalue weighted by atomic mass is 35.5. The maximum Gasteiger partial charge on any atom is 0.129 e. The van der Waals surface area contributed by atoms with Gasteiger partial charge in [0, 0.05) is 18.9 Å². The molecule has 2 aromatic rings. The van der Waals surface area contributed by atoms with E-state index in [9.17, 15) is 0 Å². The molecule has 0 bridgehead atoms. The monoisotopic (exact) mass is 247 g/mol. The zero-order valence-corrected chi connectivity index (χ0v) is 10.6. The van der Waals surface area contributed by atoms with E-state index in [0.717, 1.165) is 17.9 Å². The van der Waals surface area contributed by atoms with Gasteiger partial charge in [0.25, 0.3) is 0 Å². The van der Waals surface area contributed by atoms with Crippen molar-refractivity contribution in [2.75, 3.05) is 5.32 Å². The Morgan fingerprint density at radius 2 is 2.06 bits per heavy atom. The third-order valence-corrected chi connectivity index (χ3v) is 2.88. The number of nitrogens with one attached hydrogen (secondary N) is 1. The van der Waals surface area contributed by atoms with Gasteiger partial charge in [-0.3, -0.25) is 4.98 Å². The number of hydrogen-bond acceptors (Lipinski definition) is 3. The summed E-state index contributed by atoms with van der Waals surface area (Å²) in [5, 5.41) is 3.86. The zero-order valence-electron chi connectivity index (χ0n) is 9.87. The Bertz CT molecular complexity index is 526. The van der Waals surface area contributed by atoms with Gasteiger partial charge in [-0.1, -0.05) is 11.6 Å². The first-order chi connectivity index (χ1) is 8.16. The lowest BCUT2D eigenvalue weighted by Crippen LogP contribution is -2.03. The molecule has 2 rings (SSSR count). The van der Waals surface area contributed by atoms with E-state index >= 15 is 0 Å². The molecule has 0 amide bonds. The van der Waals surface area contributed by atoms with E-state index in [4.69, 9.17) is 11.6 Å². The van der Waals surface area contributed by atoms with Gasteiger partial charge in [0.05, 0.1) is 11.4 Å². The van der Waals surface area contributed by atoms with Gasteiger partial charge in [0.15, 0.2) is 0 Å². The Kier molecular flexibility index (Phi) is 3.59. The summed E-state index contributed by atoms with van der Waals surface area (Å²) < 4.78 is 0. The first kappa shape index (κ1) is 11.9. The summed E-state index contributed by atoms with van der Waals surface area (Å²) in [6.07, 6.45) is 3.68. The molecule has 17 heavy (non-hydrogen) atoms. The van der Waals surface area contributed by atoms with Crippen molar-refractivity contribution in [3.8, 4) is 0 Å². The maximum absolute atomic E-state index is 5.81. The molecule has 0 aromatic carbocycles. The van der Waals surface area contributed by atoms with Gasteiger partial charge in [-0.05, 0) is 43.2 Å². The SMILES string of the molecule is Cc1ccncc1CNc1ccc(Cl)nc1C. The lowest BCUT2D eigenvalue weighted by atomic mass is 10.1. The average Bonchev–Trinajstić information content (AvgIpc) is 2.30. The molecule has 0 atom stereocenters. The molecular weight excluding hydrogens is 234 g/mol. The van der Waals surface area contributed by atoms with Crippen LogP contribution in [0.15, 0.2) is 30.6 Å². The fourth-order valence-corrected chi connectivity index (χ4v) is 1.78. The molecule has 0 aliphatic rings. The van der Waals surface area contributed by atoms with Crippen LogP contribution < -0.4 is 5.32 Å². The van der Waals surface area contributed by atoms with Gasteiger partial charge >= 0.3 is 0 Å². The van der Waals surface area contributed by atoms with Crippen molar-refractivity contribution in [2.24, 2.45) is 0 Å². The van der Waals surface area contributed by atoms with Crippen LogP contribution in [0, 0.1) is 13.8 Å². The normalized spacial score (nSPS) is 10.3. The highest BCUT2D eigenvalue weighted by Crippen LogP contribution is 2.17. The van der Waals surface area contributed by atoms with Crippen molar-refractivity contribution in [1.82, 2.24) is 9.97 Å². The topological polar surface area (TPSA) is 37.8 Å². The molecule has 0 aliphatic heterocycles. The molecule has 0 spiro atoms. The molecule has 4 heteroatoms. The van der Waals surface area contributed by atoms with Gasteiger partial charge in [0.2, 0.25) is 0 Å². The summed E-state index contributed by atoms with van der Waals surface area (Å²) in [4.78, 5) is 8.31. The molecular formula is C13H14ClN3. The van der Waals surface area contributed by atoms with Gasteiger partial charge in [-0.2, -0.15) is 0 Å². The number of anilines is 1. The second-order valence-corrected chi connectivity index (χ2v) is 4.31. The van der Waals surface area contributed by atoms with Crippen molar-refractivity contribution in [3.05, 3.63) is 52.6 Å². The van der Waals surface area contributed by atoms with Gasteiger partial charge in [-0.15, -0.1) is 0 Å². The predicted molar refractivity (Wildman–Crippen MR) is 70.3 cm³/mol. The van der Waals surface area contributed by atoms with Crippen LogP contribution in [0.25, 0.3) is 0 Å². The zero-order chi connectivity index (χ0) is 12.3. The smallest absolute Gasteiger partial charge is 0.129 e. The number of aryl methyl sites for hydroxylation is 2. The molecule has 0 saturated carbocycles. The predicted octanol–water partition coefficient (Wildman–Crippen LogP) is 3.36. The number of aromatic nitrogens is 2. The van der Waals surface area contributed by atoms with Crippen LogP contribution in [0.3, 0.4) is 0 Å². The molecule has 88 valence electrons. The van der Waals surface area contributed by atoms with E-state index in [1.54, 1.807) is 12.3 Å². The number of rotatable bonds is 3. The molecule has 3 nitrogen and oxygen atoms in total. The largest absolute Gasteiger partial charge is 0.379 e. The Balaban J connectivity index is 2.10. The van der Waals surface area contributed by atoms with Gasteiger partial charge in [0.1, 0.15) is 5.15 Å². The van der Waals surface area contributed by atoms with Crippen molar-refractivity contribution < 1.29 is 0 Å². The number of hydrogen-bond donors (Lipinski definition) is 1.